The van der Waals surface area contributed by atoms with Crippen LogP contribution in [-0.2, 0) is 21.0 Å². The Morgan fingerprint density at radius 2 is 2.00 bits per heavy atom. The Kier molecular flexibility index (Phi) is 3.32. The summed E-state index contributed by atoms with van der Waals surface area (Å²) in [6.07, 6.45) is 0.210. The molecule has 0 spiro atoms. The van der Waals surface area contributed by atoms with Crippen LogP contribution >= 0.6 is 0 Å². The summed E-state index contributed by atoms with van der Waals surface area (Å²) in [5.41, 5.74) is 1.84. The zero-order valence-electron chi connectivity index (χ0n) is 12.9. The van der Waals surface area contributed by atoms with Gasteiger partial charge in [0.15, 0.2) is 0 Å². The van der Waals surface area contributed by atoms with E-state index in [1.54, 1.807) is 17.0 Å². The van der Waals surface area contributed by atoms with Gasteiger partial charge in [0.05, 0.1) is 11.4 Å². The number of amides is 1. The second-order valence-corrected chi connectivity index (χ2v) is 8.40. The number of benzene rings is 1. The van der Waals surface area contributed by atoms with E-state index in [4.69, 9.17) is 4.74 Å². The normalized spacial score (nSPS) is 19.2. The molecule has 3 rings (SSSR count). The van der Waals surface area contributed by atoms with Gasteiger partial charge in [0.1, 0.15) is 5.60 Å². The molecule has 2 heterocycles. The number of hydrogen-bond acceptors (Lipinski definition) is 4. The summed E-state index contributed by atoms with van der Waals surface area (Å²) < 4.78 is 29.8. The highest BCUT2D eigenvalue weighted by atomic mass is 32.2. The molecule has 6 heteroatoms. The maximum absolute atomic E-state index is 12.3. The van der Waals surface area contributed by atoms with Gasteiger partial charge in [-0.15, -0.1) is 0 Å². The largest absolute Gasteiger partial charge is 0.444 e. The second-order valence-electron chi connectivity index (χ2n) is 6.63. The van der Waals surface area contributed by atoms with Crippen molar-refractivity contribution in [2.75, 3.05) is 13.1 Å². The minimum Gasteiger partial charge on any atom is -0.444 e. The molecule has 0 bridgehead atoms. The van der Waals surface area contributed by atoms with Crippen LogP contribution in [0.25, 0.3) is 5.57 Å². The third-order valence-corrected chi connectivity index (χ3v) is 5.25. The molecule has 1 aromatic carbocycles. The molecule has 0 radical (unpaired) electrons. The molecule has 0 saturated heterocycles. The van der Waals surface area contributed by atoms with Crippen LogP contribution in [0.5, 0.6) is 0 Å². The van der Waals surface area contributed by atoms with Crippen molar-refractivity contribution in [3.05, 3.63) is 34.7 Å². The second kappa shape index (κ2) is 4.84. The molecule has 0 aromatic heterocycles. The predicted octanol–water partition coefficient (Wildman–Crippen LogP) is 2.61. The Morgan fingerprint density at radius 1 is 1.27 bits per heavy atom. The van der Waals surface area contributed by atoms with E-state index in [-0.39, 0.29) is 6.54 Å². The highest BCUT2D eigenvalue weighted by molar-refractivity contribution is 7.95. The lowest BCUT2D eigenvalue weighted by atomic mass is 10.0. The summed E-state index contributed by atoms with van der Waals surface area (Å²) in [5, 5.41) is 1.28. The van der Waals surface area contributed by atoms with Crippen LogP contribution in [0.3, 0.4) is 0 Å². The number of carbonyl (C=O) groups is 1. The summed E-state index contributed by atoms with van der Waals surface area (Å²) in [5.74, 6) is 0. The van der Waals surface area contributed by atoms with E-state index in [0.29, 0.717) is 23.4 Å². The molecule has 22 heavy (non-hydrogen) atoms. The van der Waals surface area contributed by atoms with E-state index < -0.39 is 21.5 Å². The Bertz CT molecular complexity index is 772. The van der Waals surface area contributed by atoms with Gasteiger partial charge in [-0.2, -0.15) is 0 Å². The SMILES string of the molecule is CC(C)(C)OC(=O)N1CCc2cccc3c2C(=CS3(=O)=O)C1. The van der Waals surface area contributed by atoms with Crippen molar-refractivity contribution in [1.82, 2.24) is 4.90 Å². The molecule has 2 aliphatic heterocycles. The standard InChI is InChI=1S/C16H19NO4S/c1-16(2,3)21-15(18)17-8-7-11-5-4-6-13-14(11)12(9-17)10-22(13,19)20/h4-6,10H,7-9H2,1-3H3. The van der Waals surface area contributed by atoms with Crippen LogP contribution in [-0.4, -0.2) is 38.1 Å². The first kappa shape index (κ1) is 15.1. The molecule has 1 amide bonds. The van der Waals surface area contributed by atoms with E-state index in [1.807, 2.05) is 26.8 Å². The lowest BCUT2D eigenvalue weighted by molar-refractivity contribution is 0.0279. The molecule has 0 saturated carbocycles. The summed E-state index contributed by atoms with van der Waals surface area (Å²) in [6, 6.07) is 5.30. The predicted molar refractivity (Wildman–Crippen MR) is 83.1 cm³/mol. The third kappa shape index (κ3) is 2.63. The van der Waals surface area contributed by atoms with Crippen molar-refractivity contribution in [3.8, 4) is 0 Å². The monoisotopic (exact) mass is 321 g/mol. The van der Waals surface area contributed by atoms with Gasteiger partial charge in [0.25, 0.3) is 0 Å². The van der Waals surface area contributed by atoms with Gasteiger partial charge in [-0.3, -0.25) is 0 Å². The summed E-state index contributed by atoms with van der Waals surface area (Å²) in [7, 11) is -3.39. The van der Waals surface area contributed by atoms with Crippen LogP contribution < -0.4 is 0 Å². The van der Waals surface area contributed by atoms with Gasteiger partial charge in [-0.1, -0.05) is 12.1 Å². The zero-order chi connectivity index (χ0) is 16.1. The van der Waals surface area contributed by atoms with Crippen molar-refractivity contribution in [3.63, 3.8) is 0 Å². The van der Waals surface area contributed by atoms with Gasteiger partial charge >= 0.3 is 6.09 Å². The molecule has 0 N–H and O–H groups in total. The fourth-order valence-corrected chi connectivity index (χ4v) is 4.34. The van der Waals surface area contributed by atoms with Crippen molar-refractivity contribution in [2.45, 2.75) is 37.7 Å². The van der Waals surface area contributed by atoms with E-state index in [2.05, 4.69) is 0 Å². The Morgan fingerprint density at radius 3 is 2.68 bits per heavy atom. The molecule has 5 nitrogen and oxygen atoms in total. The fourth-order valence-electron chi connectivity index (χ4n) is 2.83. The van der Waals surface area contributed by atoms with Crippen LogP contribution in [0.15, 0.2) is 28.5 Å². The maximum atomic E-state index is 12.3. The van der Waals surface area contributed by atoms with Crippen molar-refractivity contribution < 1.29 is 17.9 Å². The first-order valence-electron chi connectivity index (χ1n) is 7.23. The number of rotatable bonds is 0. The molecule has 118 valence electrons. The van der Waals surface area contributed by atoms with Crippen LogP contribution in [0.4, 0.5) is 4.79 Å². The van der Waals surface area contributed by atoms with E-state index >= 15 is 0 Å². The number of sulfone groups is 1. The van der Waals surface area contributed by atoms with E-state index in [0.717, 1.165) is 11.1 Å². The first-order valence-corrected chi connectivity index (χ1v) is 8.78. The van der Waals surface area contributed by atoms with Crippen LogP contribution in [0.2, 0.25) is 0 Å². The van der Waals surface area contributed by atoms with Crippen LogP contribution in [0.1, 0.15) is 31.9 Å². The highest BCUT2D eigenvalue weighted by Gasteiger charge is 2.34. The van der Waals surface area contributed by atoms with Crippen molar-refractivity contribution >= 4 is 21.5 Å². The smallest absolute Gasteiger partial charge is 0.410 e. The Hall–Kier alpha value is -1.82. The fraction of sp³-hybridized carbons (Fsp3) is 0.438. The van der Waals surface area contributed by atoms with Crippen LogP contribution in [0, 0.1) is 0 Å². The summed E-state index contributed by atoms with van der Waals surface area (Å²) in [6.45, 7) is 6.22. The van der Waals surface area contributed by atoms with Gasteiger partial charge in [-0.05, 0) is 44.4 Å². The first-order chi connectivity index (χ1) is 10.2. The van der Waals surface area contributed by atoms with Gasteiger partial charge in [-0.25, -0.2) is 13.2 Å². The Balaban J connectivity index is 1.96. The number of ether oxygens (including phenoxy) is 1. The van der Waals surface area contributed by atoms with Crippen molar-refractivity contribution in [2.24, 2.45) is 0 Å². The van der Waals surface area contributed by atoms with Crippen molar-refractivity contribution in [1.29, 1.82) is 0 Å². The number of nitrogens with zero attached hydrogens (tertiary/aromatic N) is 1. The minimum absolute atomic E-state index is 0.262. The summed E-state index contributed by atoms with van der Waals surface area (Å²) in [4.78, 5) is 14.2. The highest BCUT2D eigenvalue weighted by Crippen LogP contribution is 2.38. The van der Waals surface area contributed by atoms with E-state index in [9.17, 15) is 13.2 Å². The average molecular weight is 321 g/mol. The number of carbonyl (C=O) groups excluding carboxylic acids is 1. The maximum Gasteiger partial charge on any atom is 0.410 e. The molecule has 2 aliphatic rings. The van der Waals surface area contributed by atoms with E-state index in [1.165, 1.54) is 5.41 Å². The Labute approximate surface area is 130 Å². The molecule has 0 atom stereocenters. The topological polar surface area (TPSA) is 63.7 Å². The molecule has 1 aromatic rings. The lowest BCUT2D eigenvalue weighted by Gasteiger charge is -2.26. The summed E-state index contributed by atoms with van der Waals surface area (Å²) >= 11 is 0. The zero-order valence-corrected chi connectivity index (χ0v) is 13.7. The lowest BCUT2D eigenvalue weighted by Crippen LogP contribution is -2.38. The van der Waals surface area contributed by atoms with Gasteiger partial charge < -0.3 is 9.64 Å². The quantitative estimate of drug-likeness (QED) is 0.737. The van der Waals surface area contributed by atoms with Gasteiger partial charge in [0, 0.05) is 17.5 Å². The average Bonchev–Trinajstić information content (AvgIpc) is 2.54. The minimum atomic E-state index is -3.39. The molecule has 0 aliphatic carbocycles. The molecule has 0 fully saturated rings. The number of hydrogen-bond donors (Lipinski definition) is 0. The molecular formula is C16H19NO4S. The van der Waals surface area contributed by atoms with Gasteiger partial charge in [0.2, 0.25) is 9.84 Å². The molecule has 0 unspecified atom stereocenters. The molecular weight excluding hydrogens is 302 g/mol. The third-order valence-electron chi connectivity index (χ3n) is 3.70.